The molecule has 3 rings (SSSR count). The van der Waals surface area contributed by atoms with Gasteiger partial charge >= 0.3 is 6.03 Å². The Morgan fingerprint density at radius 2 is 1.67 bits per heavy atom. The minimum atomic E-state index is -0.633. The molecule has 0 saturated heterocycles. The molecule has 0 spiro atoms. The Morgan fingerprint density at radius 1 is 1.00 bits per heavy atom. The summed E-state index contributed by atoms with van der Waals surface area (Å²) in [6.45, 7) is 4.57. The second-order valence-corrected chi connectivity index (χ2v) is 6.31. The van der Waals surface area contributed by atoms with Crippen LogP contribution in [-0.4, -0.2) is 21.7 Å². The number of rotatable bonds is 5. The maximum absolute atomic E-state index is 12.5. The maximum atomic E-state index is 12.5. The monoisotopic (exact) mass is 363 g/mol. The van der Waals surface area contributed by atoms with Gasteiger partial charge < -0.3 is 16.4 Å². The van der Waals surface area contributed by atoms with Crippen LogP contribution in [0, 0.1) is 13.8 Å². The van der Waals surface area contributed by atoms with Crippen LogP contribution in [0.3, 0.4) is 0 Å². The molecule has 0 aliphatic heterocycles. The summed E-state index contributed by atoms with van der Waals surface area (Å²) in [5, 5.41) is 9.77. The van der Waals surface area contributed by atoms with Crippen molar-refractivity contribution in [2.45, 2.75) is 20.4 Å². The molecular weight excluding hydrogens is 342 g/mol. The fraction of sp³-hybridized carbons (Fsp3) is 0.150. The molecule has 27 heavy (non-hydrogen) atoms. The first-order valence-electron chi connectivity index (χ1n) is 8.48. The highest BCUT2D eigenvalue weighted by atomic mass is 16.2. The van der Waals surface area contributed by atoms with E-state index in [-0.39, 0.29) is 5.91 Å². The van der Waals surface area contributed by atoms with Crippen molar-refractivity contribution >= 4 is 23.3 Å². The number of hydrogen-bond donors (Lipinski definition) is 3. The van der Waals surface area contributed by atoms with E-state index in [9.17, 15) is 9.59 Å². The van der Waals surface area contributed by atoms with Gasteiger partial charge in [-0.25, -0.2) is 4.79 Å². The number of carbonyl (C=O) groups is 2. The second kappa shape index (κ2) is 7.74. The maximum Gasteiger partial charge on any atom is 0.316 e. The van der Waals surface area contributed by atoms with E-state index in [0.29, 0.717) is 23.5 Å². The first-order chi connectivity index (χ1) is 12.9. The number of amides is 3. The number of benzene rings is 2. The van der Waals surface area contributed by atoms with Crippen LogP contribution in [0.15, 0.2) is 54.6 Å². The van der Waals surface area contributed by atoms with Crippen LogP contribution >= 0.6 is 0 Å². The van der Waals surface area contributed by atoms with E-state index in [1.165, 1.54) is 0 Å². The highest BCUT2D eigenvalue weighted by Gasteiger charge is 2.09. The fourth-order valence-electron chi connectivity index (χ4n) is 2.80. The zero-order chi connectivity index (χ0) is 19.4. The quantitative estimate of drug-likeness (QED) is 0.648. The Morgan fingerprint density at radius 3 is 2.26 bits per heavy atom. The molecule has 0 aliphatic carbocycles. The number of nitrogens with zero attached hydrogens (tertiary/aromatic N) is 2. The van der Waals surface area contributed by atoms with Gasteiger partial charge in [0.15, 0.2) is 0 Å². The zero-order valence-corrected chi connectivity index (χ0v) is 15.2. The number of aryl methyl sites for hydroxylation is 2. The predicted octanol–water partition coefficient (Wildman–Crippen LogP) is 3.29. The second-order valence-electron chi connectivity index (χ2n) is 6.31. The van der Waals surface area contributed by atoms with E-state index in [1.54, 1.807) is 30.3 Å². The summed E-state index contributed by atoms with van der Waals surface area (Å²) < 4.78 is 1.91. The Bertz CT molecular complexity index is 976. The third kappa shape index (κ3) is 4.72. The van der Waals surface area contributed by atoms with Crippen molar-refractivity contribution in [3.63, 3.8) is 0 Å². The number of primary amides is 1. The normalized spacial score (nSPS) is 10.4. The molecule has 0 radical (unpaired) electrons. The summed E-state index contributed by atoms with van der Waals surface area (Å²) in [5.74, 6) is -0.208. The Balaban J connectivity index is 1.69. The predicted molar refractivity (Wildman–Crippen MR) is 105 cm³/mol. The standard InChI is InChI=1S/C20H21N5O2/c1-13-10-14(2)25(24-13)12-15-4-3-5-16(11-15)19(26)22-17-6-8-18(9-7-17)23-20(21)27/h3-11H,12H2,1-2H3,(H,22,26)(H3,21,23,27). The van der Waals surface area contributed by atoms with Crippen molar-refractivity contribution in [3.05, 3.63) is 77.1 Å². The number of anilines is 2. The van der Waals surface area contributed by atoms with Gasteiger partial charge in [-0.1, -0.05) is 12.1 Å². The Hall–Kier alpha value is -3.61. The van der Waals surface area contributed by atoms with Crippen LogP contribution in [-0.2, 0) is 6.54 Å². The van der Waals surface area contributed by atoms with Crippen molar-refractivity contribution in [3.8, 4) is 0 Å². The van der Waals surface area contributed by atoms with Crippen molar-refractivity contribution in [1.82, 2.24) is 9.78 Å². The van der Waals surface area contributed by atoms with E-state index in [2.05, 4.69) is 15.7 Å². The lowest BCUT2D eigenvalue weighted by atomic mass is 10.1. The van der Waals surface area contributed by atoms with Gasteiger partial charge in [0.05, 0.1) is 12.2 Å². The molecule has 0 aliphatic rings. The lowest BCUT2D eigenvalue weighted by Gasteiger charge is -2.09. The average Bonchev–Trinajstić information content (AvgIpc) is 2.93. The number of nitrogens with two attached hydrogens (primary N) is 1. The van der Waals surface area contributed by atoms with Gasteiger partial charge in [0.25, 0.3) is 5.91 Å². The molecule has 2 aromatic carbocycles. The topological polar surface area (TPSA) is 102 Å². The zero-order valence-electron chi connectivity index (χ0n) is 15.2. The lowest BCUT2D eigenvalue weighted by Crippen LogP contribution is -2.19. The highest BCUT2D eigenvalue weighted by molar-refractivity contribution is 6.04. The molecule has 0 unspecified atom stereocenters. The first-order valence-corrected chi connectivity index (χ1v) is 8.48. The highest BCUT2D eigenvalue weighted by Crippen LogP contribution is 2.16. The van der Waals surface area contributed by atoms with Crippen molar-refractivity contribution in [2.75, 3.05) is 10.6 Å². The smallest absolute Gasteiger partial charge is 0.316 e. The van der Waals surface area contributed by atoms with Crippen LogP contribution in [0.2, 0.25) is 0 Å². The minimum Gasteiger partial charge on any atom is -0.351 e. The molecular formula is C20H21N5O2. The average molecular weight is 363 g/mol. The van der Waals surface area contributed by atoms with Crippen molar-refractivity contribution in [1.29, 1.82) is 0 Å². The SMILES string of the molecule is Cc1cc(C)n(Cc2cccc(C(=O)Nc3ccc(NC(N)=O)cc3)c2)n1. The van der Waals surface area contributed by atoms with Crippen LogP contribution in [0.1, 0.15) is 27.3 Å². The summed E-state index contributed by atoms with van der Waals surface area (Å²) in [4.78, 5) is 23.4. The molecule has 7 heteroatoms. The van der Waals surface area contributed by atoms with E-state index >= 15 is 0 Å². The molecule has 3 amide bonds. The van der Waals surface area contributed by atoms with Gasteiger partial charge in [-0.3, -0.25) is 9.48 Å². The summed E-state index contributed by atoms with van der Waals surface area (Å²) in [7, 11) is 0. The van der Waals surface area contributed by atoms with Crippen molar-refractivity contribution < 1.29 is 9.59 Å². The molecule has 1 aromatic heterocycles. The molecule has 138 valence electrons. The number of urea groups is 1. The lowest BCUT2D eigenvalue weighted by molar-refractivity contribution is 0.102. The summed E-state index contributed by atoms with van der Waals surface area (Å²) in [5.41, 5.74) is 9.86. The van der Waals surface area contributed by atoms with Crippen molar-refractivity contribution in [2.24, 2.45) is 5.73 Å². The van der Waals surface area contributed by atoms with E-state index in [1.807, 2.05) is 42.8 Å². The van der Waals surface area contributed by atoms with E-state index < -0.39 is 6.03 Å². The molecule has 3 aromatic rings. The summed E-state index contributed by atoms with van der Waals surface area (Å²) >= 11 is 0. The van der Waals surface area contributed by atoms with Gasteiger partial charge in [0.2, 0.25) is 0 Å². The van der Waals surface area contributed by atoms with Gasteiger partial charge in [-0.2, -0.15) is 5.10 Å². The molecule has 0 bridgehead atoms. The number of hydrogen-bond acceptors (Lipinski definition) is 3. The largest absolute Gasteiger partial charge is 0.351 e. The van der Waals surface area contributed by atoms with Gasteiger partial charge in [0.1, 0.15) is 0 Å². The fourth-order valence-corrected chi connectivity index (χ4v) is 2.80. The Kier molecular flexibility index (Phi) is 5.21. The first kappa shape index (κ1) is 18.2. The summed E-state index contributed by atoms with van der Waals surface area (Å²) in [6, 6.07) is 15.6. The van der Waals surface area contributed by atoms with Crippen LogP contribution in [0.5, 0.6) is 0 Å². The van der Waals surface area contributed by atoms with E-state index in [0.717, 1.165) is 17.0 Å². The van der Waals surface area contributed by atoms with Crippen LogP contribution in [0.4, 0.5) is 16.2 Å². The Labute approximate surface area is 157 Å². The molecule has 4 N–H and O–H groups in total. The van der Waals surface area contributed by atoms with Gasteiger partial charge in [-0.05, 0) is 61.9 Å². The molecule has 1 heterocycles. The molecule has 0 saturated carbocycles. The number of aromatic nitrogens is 2. The van der Waals surface area contributed by atoms with Crippen LogP contribution < -0.4 is 16.4 Å². The molecule has 7 nitrogen and oxygen atoms in total. The van der Waals surface area contributed by atoms with Gasteiger partial charge in [-0.15, -0.1) is 0 Å². The number of carbonyl (C=O) groups excluding carboxylic acids is 2. The molecule has 0 fully saturated rings. The third-order valence-corrected chi connectivity index (χ3v) is 4.04. The molecule has 0 atom stereocenters. The van der Waals surface area contributed by atoms with E-state index in [4.69, 9.17) is 5.73 Å². The third-order valence-electron chi connectivity index (χ3n) is 4.04. The van der Waals surface area contributed by atoms with Crippen LogP contribution in [0.25, 0.3) is 0 Å². The minimum absolute atomic E-state index is 0.208. The number of nitrogens with one attached hydrogen (secondary N) is 2. The summed E-state index contributed by atoms with van der Waals surface area (Å²) in [6.07, 6.45) is 0. The van der Waals surface area contributed by atoms with Gasteiger partial charge in [0, 0.05) is 22.6 Å².